The van der Waals surface area contributed by atoms with Crippen molar-refractivity contribution in [3.05, 3.63) is 66.4 Å². The number of benzene rings is 2. The lowest BCUT2D eigenvalue weighted by molar-refractivity contribution is 0.110. The van der Waals surface area contributed by atoms with Crippen LogP contribution in [0.15, 0.2) is 60.8 Å². The lowest BCUT2D eigenvalue weighted by atomic mass is 10.1. The Kier molecular flexibility index (Phi) is 5.51. The second-order valence-corrected chi connectivity index (χ2v) is 6.75. The highest BCUT2D eigenvalue weighted by Gasteiger charge is 2.18. The first-order chi connectivity index (χ1) is 13.3. The van der Waals surface area contributed by atoms with Crippen molar-refractivity contribution in [3.8, 4) is 22.7 Å². The van der Waals surface area contributed by atoms with Gasteiger partial charge >= 0.3 is 0 Å². The Labute approximate surface area is 159 Å². The molecule has 5 heteroatoms. The molecular weight excluding hydrogens is 338 g/mol. The summed E-state index contributed by atoms with van der Waals surface area (Å²) in [6, 6.07) is 18.2. The van der Waals surface area contributed by atoms with E-state index in [0.717, 1.165) is 60.8 Å². The molecule has 1 fully saturated rings. The standard InChI is InChI=1S/C22H25N3O2/c1-26-21-12-6-5-11-20(21)22-17(14-23-15-19-10-7-13-27-19)16-25(24-22)18-8-3-2-4-9-18/h2-6,8-9,11-12,16,19,23H,7,10,13-15H2,1H3/t19-/m1/s1. The molecule has 1 atom stereocenters. The predicted molar refractivity (Wildman–Crippen MR) is 106 cm³/mol. The average molecular weight is 363 g/mol. The Balaban J connectivity index is 1.63. The highest BCUT2D eigenvalue weighted by Crippen LogP contribution is 2.31. The van der Waals surface area contributed by atoms with Gasteiger partial charge in [0, 0.05) is 37.0 Å². The molecule has 0 unspecified atom stereocenters. The molecule has 2 heterocycles. The zero-order valence-electron chi connectivity index (χ0n) is 15.6. The smallest absolute Gasteiger partial charge is 0.128 e. The van der Waals surface area contributed by atoms with Crippen molar-refractivity contribution in [2.24, 2.45) is 0 Å². The van der Waals surface area contributed by atoms with Crippen molar-refractivity contribution in [1.82, 2.24) is 15.1 Å². The monoisotopic (exact) mass is 363 g/mol. The maximum absolute atomic E-state index is 5.71. The van der Waals surface area contributed by atoms with Gasteiger partial charge in [-0.3, -0.25) is 0 Å². The molecule has 3 aromatic rings. The minimum atomic E-state index is 0.323. The number of aromatic nitrogens is 2. The minimum Gasteiger partial charge on any atom is -0.496 e. The van der Waals surface area contributed by atoms with Crippen molar-refractivity contribution >= 4 is 0 Å². The second kappa shape index (κ2) is 8.37. The third-order valence-corrected chi connectivity index (χ3v) is 4.88. The number of ether oxygens (including phenoxy) is 2. The van der Waals surface area contributed by atoms with E-state index in [9.17, 15) is 0 Å². The first-order valence-electron chi connectivity index (χ1n) is 9.45. The third-order valence-electron chi connectivity index (χ3n) is 4.88. The second-order valence-electron chi connectivity index (χ2n) is 6.75. The highest BCUT2D eigenvalue weighted by atomic mass is 16.5. The topological polar surface area (TPSA) is 48.3 Å². The van der Waals surface area contributed by atoms with Gasteiger partial charge in [0.15, 0.2) is 0 Å². The number of nitrogens with one attached hydrogen (secondary N) is 1. The fourth-order valence-corrected chi connectivity index (χ4v) is 3.49. The zero-order chi connectivity index (χ0) is 18.5. The Morgan fingerprint density at radius 3 is 2.74 bits per heavy atom. The molecule has 0 spiro atoms. The SMILES string of the molecule is COc1ccccc1-c1nn(-c2ccccc2)cc1CNC[C@H]1CCCO1. The van der Waals surface area contributed by atoms with E-state index in [2.05, 4.69) is 29.7 Å². The fourth-order valence-electron chi connectivity index (χ4n) is 3.49. The Morgan fingerprint density at radius 1 is 1.15 bits per heavy atom. The predicted octanol–water partition coefficient (Wildman–Crippen LogP) is 3.82. The van der Waals surface area contributed by atoms with Crippen LogP contribution in [0.2, 0.25) is 0 Å². The van der Waals surface area contributed by atoms with Crippen LogP contribution >= 0.6 is 0 Å². The average Bonchev–Trinajstić information content (AvgIpc) is 3.39. The summed E-state index contributed by atoms with van der Waals surface area (Å²) in [7, 11) is 1.70. The fraction of sp³-hybridized carbons (Fsp3) is 0.318. The normalized spacial score (nSPS) is 16.6. The molecule has 1 saturated heterocycles. The summed E-state index contributed by atoms with van der Waals surface area (Å²) in [4.78, 5) is 0. The lowest BCUT2D eigenvalue weighted by Crippen LogP contribution is -2.25. The number of nitrogens with zero attached hydrogens (tertiary/aromatic N) is 2. The molecule has 0 amide bonds. The lowest BCUT2D eigenvalue weighted by Gasteiger charge is -2.11. The summed E-state index contributed by atoms with van der Waals surface area (Å²) in [5.41, 5.74) is 4.13. The van der Waals surface area contributed by atoms with Gasteiger partial charge in [-0.05, 0) is 37.1 Å². The van der Waals surface area contributed by atoms with E-state index in [4.69, 9.17) is 14.6 Å². The number of para-hydroxylation sites is 2. The van der Waals surface area contributed by atoms with E-state index in [-0.39, 0.29) is 0 Å². The Bertz CT molecular complexity index is 870. The highest BCUT2D eigenvalue weighted by molar-refractivity contribution is 5.70. The van der Waals surface area contributed by atoms with Crippen LogP contribution in [0.3, 0.4) is 0 Å². The molecule has 4 rings (SSSR count). The number of methoxy groups -OCH3 is 1. The first-order valence-corrected chi connectivity index (χ1v) is 9.45. The van der Waals surface area contributed by atoms with Gasteiger partial charge < -0.3 is 14.8 Å². The number of hydrogen-bond donors (Lipinski definition) is 1. The molecule has 1 aliphatic heterocycles. The summed E-state index contributed by atoms with van der Waals surface area (Å²) in [6.45, 7) is 2.48. The molecule has 0 aliphatic carbocycles. The van der Waals surface area contributed by atoms with Gasteiger partial charge in [0.05, 0.1) is 18.9 Å². The van der Waals surface area contributed by atoms with Gasteiger partial charge in [-0.15, -0.1) is 0 Å². The van der Waals surface area contributed by atoms with Crippen molar-refractivity contribution < 1.29 is 9.47 Å². The summed E-state index contributed by atoms with van der Waals surface area (Å²) in [5.74, 6) is 0.830. The van der Waals surface area contributed by atoms with Gasteiger partial charge in [0.2, 0.25) is 0 Å². The quantitative estimate of drug-likeness (QED) is 0.693. The minimum absolute atomic E-state index is 0.323. The molecule has 5 nitrogen and oxygen atoms in total. The van der Waals surface area contributed by atoms with Crippen LogP contribution in [0.4, 0.5) is 0 Å². The Morgan fingerprint density at radius 2 is 1.96 bits per heavy atom. The molecule has 1 aliphatic rings. The van der Waals surface area contributed by atoms with Crippen molar-refractivity contribution in [2.45, 2.75) is 25.5 Å². The Hall–Kier alpha value is -2.63. The van der Waals surface area contributed by atoms with Crippen molar-refractivity contribution in [1.29, 1.82) is 0 Å². The number of hydrogen-bond acceptors (Lipinski definition) is 4. The molecule has 2 aromatic carbocycles. The van der Waals surface area contributed by atoms with Gasteiger partial charge in [0.25, 0.3) is 0 Å². The maximum atomic E-state index is 5.71. The van der Waals surface area contributed by atoms with Crippen LogP contribution < -0.4 is 10.1 Å². The maximum Gasteiger partial charge on any atom is 0.128 e. The summed E-state index contributed by atoms with van der Waals surface area (Å²) >= 11 is 0. The van der Waals surface area contributed by atoms with E-state index in [0.29, 0.717) is 6.10 Å². The number of rotatable bonds is 7. The van der Waals surface area contributed by atoms with Gasteiger partial charge in [-0.2, -0.15) is 5.10 Å². The molecule has 27 heavy (non-hydrogen) atoms. The van der Waals surface area contributed by atoms with Crippen LogP contribution in [0.5, 0.6) is 5.75 Å². The van der Waals surface area contributed by atoms with Crippen molar-refractivity contribution in [3.63, 3.8) is 0 Å². The molecule has 140 valence electrons. The third kappa shape index (κ3) is 4.04. The van der Waals surface area contributed by atoms with Crippen LogP contribution in [-0.4, -0.2) is 36.1 Å². The van der Waals surface area contributed by atoms with Gasteiger partial charge in [-0.25, -0.2) is 4.68 Å². The summed E-state index contributed by atoms with van der Waals surface area (Å²) in [6.07, 6.45) is 4.71. The van der Waals surface area contributed by atoms with E-state index in [1.807, 2.05) is 41.1 Å². The van der Waals surface area contributed by atoms with Crippen LogP contribution in [0.25, 0.3) is 16.9 Å². The van der Waals surface area contributed by atoms with E-state index >= 15 is 0 Å². The van der Waals surface area contributed by atoms with E-state index in [1.54, 1.807) is 7.11 Å². The first kappa shape index (κ1) is 17.8. The zero-order valence-corrected chi connectivity index (χ0v) is 15.6. The van der Waals surface area contributed by atoms with Crippen LogP contribution in [0.1, 0.15) is 18.4 Å². The summed E-state index contributed by atoms with van der Waals surface area (Å²) < 4.78 is 13.2. The molecule has 1 N–H and O–H groups in total. The molecular formula is C22H25N3O2. The van der Waals surface area contributed by atoms with Crippen LogP contribution in [-0.2, 0) is 11.3 Å². The molecule has 1 aromatic heterocycles. The van der Waals surface area contributed by atoms with Crippen LogP contribution in [0, 0.1) is 0 Å². The van der Waals surface area contributed by atoms with E-state index in [1.165, 1.54) is 0 Å². The van der Waals surface area contributed by atoms with Crippen molar-refractivity contribution in [2.75, 3.05) is 20.3 Å². The molecule has 0 saturated carbocycles. The summed E-state index contributed by atoms with van der Waals surface area (Å²) in [5, 5.41) is 8.41. The van der Waals surface area contributed by atoms with E-state index < -0.39 is 0 Å². The molecule has 0 bridgehead atoms. The van der Waals surface area contributed by atoms with Gasteiger partial charge in [0.1, 0.15) is 11.4 Å². The van der Waals surface area contributed by atoms with Gasteiger partial charge in [-0.1, -0.05) is 30.3 Å². The molecule has 0 radical (unpaired) electrons. The largest absolute Gasteiger partial charge is 0.496 e.